The van der Waals surface area contributed by atoms with Crippen molar-refractivity contribution < 1.29 is 0 Å². The Bertz CT molecular complexity index is 290. The molecule has 0 amide bonds. The molecule has 2 N–H and O–H groups in total. The second-order valence-corrected chi connectivity index (χ2v) is 5.39. The third kappa shape index (κ3) is 7.88. The number of hydrogen-bond donors (Lipinski definition) is 2. The maximum atomic E-state index is 4.01. The van der Waals surface area contributed by atoms with Crippen LogP contribution in [0.3, 0.4) is 0 Å². The van der Waals surface area contributed by atoms with E-state index in [1.54, 1.807) is 0 Å². The zero-order chi connectivity index (χ0) is 12.6. The van der Waals surface area contributed by atoms with Crippen molar-refractivity contribution in [3.8, 4) is 0 Å². The summed E-state index contributed by atoms with van der Waals surface area (Å²) in [7, 11) is 0. The molecule has 0 aliphatic heterocycles. The summed E-state index contributed by atoms with van der Waals surface area (Å²) in [6, 6.07) is 4.14. The first-order chi connectivity index (χ1) is 8.08. The minimum atomic E-state index is 0.233. The van der Waals surface area contributed by atoms with Gasteiger partial charge in [-0.05, 0) is 70.9 Å². The predicted molar refractivity (Wildman–Crippen MR) is 73.2 cm³/mol. The molecule has 0 spiro atoms. The zero-order valence-electron chi connectivity index (χ0n) is 11.3. The summed E-state index contributed by atoms with van der Waals surface area (Å²) >= 11 is 0. The van der Waals surface area contributed by atoms with E-state index in [1.807, 2.05) is 12.4 Å². The average molecular weight is 235 g/mol. The lowest BCUT2D eigenvalue weighted by atomic mass is 10.1. The lowest BCUT2D eigenvalue weighted by Crippen LogP contribution is -2.37. The van der Waals surface area contributed by atoms with E-state index in [1.165, 1.54) is 12.0 Å². The fourth-order valence-electron chi connectivity index (χ4n) is 1.58. The third-order valence-electron chi connectivity index (χ3n) is 2.53. The molecule has 3 nitrogen and oxygen atoms in total. The van der Waals surface area contributed by atoms with Crippen molar-refractivity contribution in [1.82, 2.24) is 15.6 Å². The molecule has 0 bridgehead atoms. The van der Waals surface area contributed by atoms with Crippen LogP contribution in [0.15, 0.2) is 24.5 Å². The van der Waals surface area contributed by atoms with E-state index in [0.29, 0.717) is 0 Å². The van der Waals surface area contributed by atoms with Gasteiger partial charge in [0.15, 0.2) is 0 Å². The maximum Gasteiger partial charge on any atom is 0.0270 e. The molecule has 0 aromatic carbocycles. The van der Waals surface area contributed by atoms with Crippen molar-refractivity contribution in [1.29, 1.82) is 0 Å². The van der Waals surface area contributed by atoms with Gasteiger partial charge in [0.2, 0.25) is 0 Å². The van der Waals surface area contributed by atoms with Crippen LogP contribution in [0.5, 0.6) is 0 Å². The second kappa shape index (κ2) is 7.41. The highest BCUT2D eigenvalue weighted by Gasteiger charge is 2.06. The van der Waals surface area contributed by atoms with Gasteiger partial charge >= 0.3 is 0 Å². The molecule has 1 aromatic rings. The van der Waals surface area contributed by atoms with Crippen LogP contribution in [0.25, 0.3) is 0 Å². The SMILES string of the molecule is CC(C)(C)NCCCNCCc1ccncc1. The Balaban J connectivity index is 1.95. The number of nitrogens with one attached hydrogen (secondary N) is 2. The van der Waals surface area contributed by atoms with Crippen LogP contribution in [0, 0.1) is 0 Å². The molecule has 0 saturated carbocycles. The van der Waals surface area contributed by atoms with Crippen molar-refractivity contribution in [2.45, 2.75) is 39.2 Å². The summed E-state index contributed by atoms with van der Waals surface area (Å²) in [4.78, 5) is 4.01. The first kappa shape index (κ1) is 14.1. The Hall–Kier alpha value is -0.930. The molecular weight excluding hydrogens is 210 g/mol. The number of nitrogens with zero attached hydrogens (tertiary/aromatic N) is 1. The molecule has 3 heteroatoms. The van der Waals surface area contributed by atoms with E-state index >= 15 is 0 Å². The Morgan fingerprint density at radius 2 is 1.76 bits per heavy atom. The summed E-state index contributed by atoms with van der Waals surface area (Å²) in [6.07, 6.45) is 5.95. The highest BCUT2D eigenvalue weighted by atomic mass is 14.9. The highest BCUT2D eigenvalue weighted by Crippen LogP contribution is 1.98. The van der Waals surface area contributed by atoms with Crippen LogP contribution < -0.4 is 10.6 Å². The molecule has 0 radical (unpaired) electrons. The second-order valence-electron chi connectivity index (χ2n) is 5.39. The van der Waals surface area contributed by atoms with Crippen molar-refractivity contribution in [2.24, 2.45) is 0 Å². The van der Waals surface area contributed by atoms with Gasteiger partial charge in [-0.25, -0.2) is 0 Å². The molecule has 0 aliphatic rings. The fourth-order valence-corrected chi connectivity index (χ4v) is 1.58. The summed E-state index contributed by atoms with van der Waals surface area (Å²) in [5.41, 5.74) is 1.58. The monoisotopic (exact) mass is 235 g/mol. The topological polar surface area (TPSA) is 37.0 Å². The number of hydrogen-bond acceptors (Lipinski definition) is 3. The van der Waals surface area contributed by atoms with Crippen molar-refractivity contribution in [2.75, 3.05) is 19.6 Å². The van der Waals surface area contributed by atoms with Gasteiger partial charge in [0.05, 0.1) is 0 Å². The number of pyridine rings is 1. The fraction of sp³-hybridized carbons (Fsp3) is 0.643. The molecule has 1 heterocycles. The average Bonchev–Trinajstić information content (AvgIpc) is 2.28. The Kier molecular flexibility index (Phi) is 6.16. The molecule has 0 atom stereocenters. The van der Waals surface area contributed by atoms with Gasteiger partial charge in [0, 0.05) is 17.9 Å². The van der Waals surface area contributed by atoms with Crippen LogP contribution in [0.4, 0.5) is 0 Å². The largest absolute Gasteiger partial charge is 0.316 e. The van der Waals surface area contributed by atoms with Gasteiger partial charge in [-0.1, -0.05) is 0 Å². The Morgan fingerprint density at radius 1 is 1.06 bits per heavy atom. The minimum Gasteiger partial charge on any atom is -0.316 e. The lowest BCUT2D eigenvalue weighted by molar-refractivity contribution is 0.419. The van der Waals surface area contributed by atoms with E-state index < -0.39 is 0 Å². The van der Waals surface area contributed by atoms with E-state index in [9.17, 15) is 0 Å². The smallest absolute Gasteiger partial charge is 0.0270 e. The van der Waals surface area contributed by atoms with Crippen LogP contribution in [0.2, 0.25) is 0 Å². The molecule has 0 unspecified atom stereocenters. The summed E-state index contributed by atoms with van der Waals surface area (Å²) < 4.78 is 0. The normalized spacial score (nSPS) is 11.7. The molecular formula is C14H25N3. The van der Waals surface area contributed by atoms with Gasteiger partial charge in [0.25, 0.3) is 0 Å². The van der Waals surface area contributed by atoms with E-state index in [-0.39, 0.29) is 5.54 Å². The molecule has 17 heavy (non-hydrogen) atoms. The van der Waals surface area contributed by atoms with Crippen LogP contribution in [-0.4, -0.2) is 30.2 Å². The van der Waals surface area contributed by atoms with E-state index in [0.717, 1.165) is 26.1 Å². The van der Waals surface area contributed by atoms with Gasteiger partial charge in [-0.2, -0.15) is 0 Å². The molecule has 0 saturated heterocycles. The number of rotatable bonds is 7. The zero-order valence-corrected chi connectivity index (χ0v) is 11.3. The predicted octanol–water partition coefficient (Wildman–Crippen LogP) is 1.99. The van der Waals surface area contributed by atoms with Crippen LogP contribution in [0.1, 0.15) is 32.8 Å². The van der Waals surface area contributed by atoms with Crippen LogP contribution in [-0.2, 0) is 6.42 Å². The maximum absolute atomic E-state index is 4.01. The van der Waals surface area contributed by atoms with E-state index in [4.69, 9.17) is 0 Å². The molecule has 1 aromatic heterocycles. The molecule has 1 rings (SSSR count). The van der Waals surface area contributed by atoms with Gasteiger partial charge in [0.1, 0.15) is 0 Å². The van der Waals surface area contributed by atoms with Gasteiger partial charge in [-0.3, -0.25) is 4.98 Å². The third-order valence-corrected chi connectivity index (χ3v) is 2.53. The molecule has 96 valence electrons. The highest BCUT2D eigenvalue weighted by molar-refractivity contribution is 5.09. The summed E-state index contributed by atoms with van der Waals surface area (Å²) in [6.45, 7) is 9.79. The Morgan fingerprint density at radius 3 is 2.41 bits per heavy atom. The first-order valence-electron chi connectivity index (χ1n) is 6.42. The van der Waals surface area contributed by atoms with Gasteiger partial charge in [-0.15, -0.1) is 0 Å². The van der Waals surface area contributed by atoms with Gasteiger partial charge < -0.3 is 10.6 Å². The summed E-state index contributed by atoms with van der Waals surface area (Å²) in [5.74, 6) is 0. The quantitative estimate of drug-likeness (QED) is 0.710. The minimum absolute atomic E-state index is 0.233. The standard InChI is InChI=1S/C14H25N3/c1-14(2,3)17-9-4-8-15-10-5-13-6-11-16-12-7-13/h6-7,11-12,15,17H,4-5,8-10H2,1-3H3. The molecule has 0 fully saturated rings. The van der Waals surface area contributed by atoms with E-state index in [2.05, 4.69) is 48.5 Å². The van der Waals surface area contributed by atoms with Crippen molar-refractivity contribution >= 4 is 0 Å². The van der Waals surface area contributed by atoms with Crippen LogP contribution >= 0.6 is 0 Å². The van der Waals surface area contributed by atoms with Crippen molar-refractivity contribution in [3.63, 3.8) is 0 Å². The lowest BCUT2D eigenvalue weighted by Gasteiger charge is -2.20. The van der Waals surface area contributed by atoms with Crippen molar-refractivity contribution in [3.05, 3.63) is 30.1 Å². The molecule has 0 aliphatic carbocycles. The number of aromatic nitrogens is 1. The first-order valence-corrected chi connectivity index (χ1v) is 6.42. The Labute approximate surface area is 105 Å². The summed E-state index contributed by atoms with van der Waals surface area (Å²) in [5, 5.41) is 6.94.